The number of allylic oxidation sites excluding steroid dienone is 2. The van der Waals surface area contributed by atoms with E-state index in [1.54, 1.807) is 19.6 Å². The van der Waals surface area contributed by atoms with Crippen LogP contribution < -0.4 is 10.6 Å². The van der Waals surface area contributed by atoms with Crippen molar-refractivity contribution < 1.29 is 9.59 Å². The van der Waals surface area contributed by atoms with Gasteiger partial charge in [-0.05, 0) is 24.7 Å². The summed E-state index contributed by atoms with van der Waals surface area (Å²) in [7, 11) is 1.73. The normalized spacial score (nSPS) is 27.9. The average Bonchev–Trinajstić information content (AvgIpc) is 3.44. The summed E-state index contributed by atoms with van der Waals surface area (Å²) in [5, 5.41) is 6.48. The molecule has 0 aromatic carbocycles. The molecule has 2 aliphatic carbocycles. The molecule has 8 nitrogen and oxygen atoms in total. The summed E-state index contributed by atoms with van der Waals surface area (Å²) >= 11 is 0. The van der Waals surface area contributed by atoms with Gasteiger partial charge in [0.05, 0.1) is 18.2 Å². The van der Waals surface area contributed by atoms with Gasteiger partial charge in [-0.2, -0.15) is 0 Å². The van der Waals surface area contributed by atoms with Crippen LogP contribution in [0.2, 0.25) is 0 Å². The first-order chi connectivity index (χ1) is 13.2. The number of likely N-dealkylation sites (tertiary alicyclic amines) is 1. The van der Waals surface area contributed by atoms with Crippen LogP contribution in [-0.2, 0) is 16.1 Å². The molecule has 4 unspecified atom stereocenters. The fourth-order valence-electron chi connectivity index (χ4n) is 4.57. The summed E-state index contributed by atoms with van der Waals surface area (Å²) in [6.07, 6.45) is 11.4. The number of fused-ring (bicyclic) bond motifs is 5. The highest BCUT2D eigenvalue weighted by Crippen LogP contribution is 2.52. The molecule has 28 heavy (non-hydrogen) atoms. The summed E-state index contributed by atoms with van der Waals surface area (Å²) < 4.78 is 1.99. The van der Waals surface area contributed by atoms with Crippen LogP contribution in [-0.4, -0.2) is 58.9 Å². The Morgan fingerprint density at radius 1 is 1.14 bits per heavy atom. The van der Waals surface area contributed by atoms with Crippen LogP contribution in [0.25, 0.3) is 0 Å². The number of guanidine groups is 1. The second-order valence-corrected chi connectivity index (χ2v) is 7.41. The zero-order valence-electron chi connectivity index (χ0n) is 16.0. The second kappa shape index (κ2) is 9.06. The summed E-state index contributed by atoms with van der Waals surface area (Å²) in [6, 6.07) is 0. The maximum Gasteiger partial charge on any atom is 0.233 e. The minimum atomic E-state index is -0.0990. The van der Waals surface area contributed by atoms with Gasteiger partial charge in [0.15, 0.2) is 5.96 Å². The van der Waals surface area contributed by atoms with Gasteiger partial charge in [-0.3, -0.25) is 19.5 Å². The number of nitrogens with zero attached hydrogens (tertiary/aromatic N) is 4. The molecule has 3 aliphatic rings. The molecule has 9 heteroatoms. The van der Waals surface area contributed by atoms with E-state index in [0.717, 1.165) is 19.5 Å². The van der Waals surface area contributed by atoms with Gasteiger partial charge < -0.3 is 15.2 Å². The summed E-state index contributed by atoms with van der Waals surface area (Å²) in [5.74, 6) is 1.13. The third kappa shape index (κ3) is 3.94. The Labute approximate surface area is 181 Å². The Hall–Kier alpha value is -1.91. The SMILES string of the molecule is CN=C(NCCCN1C(=O)C2C3C=CC(C3)C2C1=O)NCCn1ccnc1.I. The number of nitrogens with one attached hydrogen (secondary N) is 2. The minimum absolute atomic E-state index is 0. The summed E-state index contributed by atoms with van der Waals surface area (Å²) in [6.45, 7) is 2.67. The van der Waals surface area contributed by atoms with Crippen LogP contribution in [0.4, 0.5) is 0 Å². The van der Waals surface area contributed by atoms with E-state index < -0.39 is 0 Å². The van der Waals surface area contributed by atoms with E-state index in [2.05, 4.69) is 32.8 Å². The highest BCUT2D eigenvalue weighted by molar-refractivity contribution is 14.0. The van der Waals surface area contributed by atoms with Gasteiger partial charge in [0.25, 0.3) is 0 Å². The van der Waals surface area contributed by atoms with Crippen LogP contribution in [0.5, 0.6) is 0 Å². The van der Waals surface area contributed by atoms with Crippen molar-refractivity contribution in [3.63, 3.8) is 0 Å². The monoisotopic (exact) mass is 498 g/mol. The van der Waals surface area contributed by atoms with Crippen LogP contribution in [0.15, 0.2) is 35.9 Å². The molecule has 0 spiro atoms. The van der Waals surface area contributed by atoms with E-state index in [4.69, 9.17) is 0 Å². The van der Waals surface area contributed by atoms with Crippen molar-refractivity contribution in [3.05, 3.63) is 30.9 Å². The third-order valence-corrected chi connectivity index (χ3v) is 5.86. The van der Waals surface area contributed by atoms with Crippen LogP contribution in [0, 0.1) is 23.7 Å². The van der Waals surface area contributed by atoms with Crippen molar-refractivity contribution in [2.75, 3.05) is 26.7 Å². The fourth-order valence-corrected chi connectivity index (χ4v) is 4.57. The molecule has 1 saturated carbocycles. The lowest BCUT2D eigenvalue weighted by Crippen LogP contribution is -2.40. The highest BCUT2D eigenvalue weighted by Gasteiger charge is 2.58. The molecule has 2 heterocycles. The average molecular weight is 498 g/mol. The first kappa shape index (κ1) is 20.8. The Morgan fingerprint density at radius 3 is 2.43 bits per heavy atom. The maximum atomic E-state index is 12.6. The Bertz CT molecular complexity index is 732. The van der Waals surface area contributed by atoms with Crippen LogP contribution in [0.3, 0.4) is 0 Å². The Morgan fingerprint density at radius 2 is 1.82 bits per heavy atom. The Kier molecular flexibility index (Phi) is 6.73. The minimum Gasteiger partial charge on any atom is -0.356 e. The van der Waals surface area contributed by atoms with Gasteiger partial charge in [-0.25, -0.2) is 4.98 Å². The quantitative estimate of drug-likeness (QED) is 0.145. The predicted octanol–water partition coefficient (Wildman–Crippen LogP) is 0.863. The molecular formula is C19H27IN6O2. The molecule has 2 bridgehead atoms. The molecule has 152 valence electrons. The van der Waals surface area contributed by atoms with Crippen LogP contribution in [0.1, 0.15) is 12.8 Å². The number of amides is 2. The molecular weight excluding hydrogens is 471 g/mol. The van der Waals surface area contributed by atoms with E-state index in [0.29, 0.717) is 25.5 Å². The number of imide groups is 1. The number of hydrogen-bond acceptors (Lipinski definition) is 4. The highest BCUT2D eigenvalue weighted by atomic mass is 127. The molecule has 2 N–H and O–H groups in total. The fraction of sp³-hybridized carbons (Fsp3) is 0.579. The lowest BCUT2D eigenvalue weighted by Gasteiger charge is -2.18. The number of halogens is 1. The smallest absolute Gasteiger partial charge is 0.233 e. The number of aliphatic imine (C=N–C) groups is 1. The van der Waals surface area contributed by atoms with Crippen LogP contribution >= 0.6 is 24.0 Å². The van der Waals surface area contributed by atoms with E-state index in [1.807, 2.05) is 10.8 Å². The van der Waals surface area contributed by atoms with Gasteiger partial charge in [-0.15, -0.1) is 24.0 Å². The van der Waals surface area contributed by atoms with Gasteiger partial charge in [-0.1, -0.05) is 12.2 Å². The van der Waals surface area contributed by atoms with Gasteiger partial charge in [0.2, 0.25) is 11.8 Å². The molecule has 2 fully saturated rings. The zero-order valence-corrected chi connectivity index (χ0v) is 18.3. The maximum absolute atomic E-state index is 12.6. The van der Waals surface area contributed by atoms with Crippen molar-refractivity contribution >= 4 is 41.8 Å². The van der Waals surface area contributed by atoms with Gasteiger partial charge in [0, 0.05) is 45.6 Å². The summed E-state index contributed by atoms with van der Waals surface area (Å²) in [4.78, 5) is 35.0. The Balaban J connectivity index is 0.00000225. The molecule has 2 amide bonds. The molecule has 0 radical (unpaired) electrons. The molecule has 1 saturated heterocycles. The van der Waals surface area contributed by atoms with Crippen molar-refractivity contribution in [3.8, 4) is 0 Å². The first-order valence-electron chi connectivity index (χ1n) is 9.63. The number of rotatable bonds is 7. The zero-order chi connectivity index (χ0) is 18.8. The number of carbonyl (C=O) groups is 2. The predicted molar refractivity (Wildman–Crippen MR) is 116 cm³/mol. The van der Waals surface area contributed by atoms with Crippen molar-refractivity contribution in [1.82, 2.24) is 25.1 Å². The number of imidazole rings is 1. The van der Waals surface area contributed by atoms with E-state index >= 15 is 0 Å². The van der Waals surface area contributed by atoms with E-state index in [9.17, 15) is 9.59 Å². The summed E-state index contributed by atoms with van der Waals surface area (Å²) in [5.41, 5.74) is 0. The molecule has 1 aromatic heterocycles. The van der Waals surface area contributed by atoms with Gasteiger partial charge >= 0.3 is 0 Å². The van der Waals surface area contributed by atoms with Gasteiger partial charge in [0.1, 0.15) is 0 Å². The topological polar surface area (TPSA) is 91.6 Å². The van der Waals surface area contributed by atoms with Crippen molar-refractivity contribution in [1.29, 1.82) is 0 Å². The standard InChI is InChI=1S/C19H26N6O2.HI/c1-20-19(23-7-10-24-9-6-21-12-24)22-5-2-8-25-17(26)15-13-3-4-14(11-13)16(15)18(25)27;/h3-4,6,9,12-16H,2,5,7-8,10-11H2,1H3,(H2,20,22,23);1H. The number of hydrogen-bond donors (Lipinski definition) is 2. The van der Waals surface area contributed by atoms with Crippen molar-refractivity contribution in [2.24, 2.45) is 28.7 Å². The molecule has 1 aromatic rings. The van der Waals surface area contributed by atoms with Crippen molar-refractivity contribution in [2.45, 2.75) is 19.4 Å². The molecule has 1 aliphatic heterocycles. The first-order valence-corrected chi connectivity index (χ1v) is 9.63. The largest absolute Gasteiger partial charge is 0.356 e. The second-order valence-electron chi connectivity index (χ2n) is 7.41. The van der Waals surface area contributed by atoms with E-state index in [-0.39, 0.29) is 59.5 Å². The molecule has 4 atom stereocenters. The number of carbonyl (C=O) groups excluding carboxylic acids is 2. The van der Waals surface area contributed by atoms with E-state index in [1.165, 1.54) is 4.90 Å². The lowest BCUT2D eigenvalue weighted by molar-refractivity contribution is -0.140. The number of aromatic nitrogens is 2. The molecule has 4 rings (SSSR count). The lowest BCUT2D eigenvalue weighted by atomic mass is 9.85. The third-order valence-electron chi connectivity index (χ3n) is 5.86.